The molecule has 0 amide bonds. The van der Waals surface area contributed by atoms with Crippen LogP contribution in [0.25, 0.3) is 0 Å². The van der Waals surface area contributed by atoms with Crippen molar-refractivity contribution in [2.24, 2.45) is 0 Å². The maximum Gasteiger partial charge on any atom is 0.156 e. The molecular weight excluding hydrogens is 238 g/mol. The summed E-state index contributed by atoms with van der Waals surface area (Å²) in [5.41, 5.74) is 0.958. The first kappa shape index (κ1) is 12.5. The number of hydrogen-bond donors (Lipinski definition) is 2. The van der Waals surface area contributed by atoms with Gasteiger partial charge < -0.3 is 9.97 Å². The van der Waals surface area contributed by atoms with Gasteiger partial charge in [0.1, 0.15) is 13.3 Å². The number of aromatic nitrogens is 2. The summed E-state index contributed by atoms with van der Waals surface area (Å²) in [7, 11) is 0. The topological polar surface area (TPSA) is 48.6 Å². The average Bonchev–Trinajstić information content (AvgIpc) is 3.03. The van der Waals surface area contributed by atoms with E-state index in [4.69, 9.17) is 0 Å². The maximum absolute atomic E-state index is 13.0. The first-order chi connectivity index (χ1) is 8.77. The summed E-state index contributed by atoms with van der Waals surface area (Å²) in [5, 5.41) is 0. The fraction of sp³-hybridized carbons (Fsp3) is 0.308. The molecule has 0 aliphatic heterocycles. The molecule has 0 fully saturated rings. The quantitative estimate of drug-likeness (QED) is 0.816. The van der Waals surface area contributed by atoms with Crippen LogP contribution in [0.3, 0.4) is 0 Å². The Morgan fingerprint density at radius 1 is 1.00 bits per heavy atom. The van der Waals surface area contributed by atoms with Gasteiger partial charge in [0, 0.05) is 23.8 Å². The van der Waals surface area contributed by atoms with Crippen LogP contribution in [0.4, 0.5) is 8.78 Å². The van der Waals surface area contributed by atoms with Gasteiger partial charge in [-0.25, -0.2) is 8.78 Å². The maximum atomic E-state index is 13.0. The molecule has 0 aromatic carbocycles. The minimum atomic E-state index is -0.941. The van der Waals surface area contributed by atoms with Crippen molar-refractivity contribution in [3.05, 3.63) is 48.0 Å². The van der Waals surface area contributed by atoms with Crippen molar-refractivity contribution < 1.29 is 13.6 Å². The molecule has 0 aliphatic carbocycles. The molecule has 2 unspecified atom stereocenters. The SMILES string of the molecule is O=C(C(CF)c1ccc[nH]1)C(CF)c1ccc[nH]1. The predicted molar refractivity (Wildman–Crippen MR) is 64.0 cm³/mol. The third-order valence-corrected chi connectivity index (χ3v) is 2.99. The van der Waals surface area contributed by atoms with E-state index < -0.39 is 31.0 Å². The molecule has 0 saturated heterocycles. The number of alkyl halides is 2. The summed E-state index contributed by atoms with van der Waals surface area (Å²) in [6.07, 6.45) is 3.23. The van der Waals surface area contributed by atoms with Gasteiger partial charge in [0.15, 0.2) is 5.78 Å². The lowest BCUT2D eigenvalue weighted by molar-refractivity contribution is -0.122. The highest BCUT2D eigenvalue weighted by molar-refractivity contribution is 5.91. The Bertz CT molecular complexity index is 435. The zero-order chi connectivity index (χ0) is 13.0. The van der Waals surface area contributed by atoms with E-state index >= 15 is 0 Å². The summed E-state index contributed by atoms with van der Waals surface area (Å²) < 4.78 is 26.1. The molecule has 0 saturated carbocycles. The first-order valence-corrected chi connectivity index (χ1v) is 5.70. The molecule has 2 atom stereocenters. The molecule has 3 nitrogen and oxygen atoms in total. The molecule has 2 aromatic heterocycles. The molecule has 2 aromatic rings. The number of hydrogen-bond acceptors (Lipinski definition) is 1. The van der Waals surface area contributed by atoms with Crippen LogP contribution in [-0.4, -0.2) is 29.1 Å². The molecule has 2 heterocycles. The largest absolute Gasteiger partial charge is 0.364 e. The van der Waals surface area contributed by atoms with E-state index in [9.17, 15) is 13.6 Å². The van der Waals surface area contributed by atoms with Gasteiger partial charge in [0.05, 0.1) is 11.8 Å². The normalized spacial score (nSPS) is 14.3. The lowest BCUT2D eigenvalue weighted by Gasteiger charge is -2.16. The van der Waals surface area contributed by atoms with Crippen molar-refractivity contribution in [2.75, 3.05) is 13.3 Å². The summed E-state index contributed by atoms with van der Waals surface area (Å²) in [6.45, 7) is -1.67. The fourth-order valence-corrected chi connectivity index (χ4v) is 1.99. The number of carbonyl (C=O) groups is 1. The molecule has 5 heteroatoms. The van der Waals surface area contributed by atoms with Crippen LogP contribution < -0.4 is 0 Å². The van der Waals surface area contributed by atoms with Crippen LogP contribution >= 0.6 is 0 Å². The second-order valence-electron chi connectivity index (χ2n) is 4.07. The Balaban J connectivity index is 2.23. The molecule has 0 radical (unpaired) electrons. The highest BCUT2D eigenvalue weighted by Gasteiger charge is 2.30. The Labute approximate surface area is 103 Å². The first-order valence-electron chi connectivity index (χ1n) is 5.70. The average molecular weight is 252 g/mol. The molecule has 96 valence electrons. The lowest BCUT2D eigenvalue weighted by atomic mass is 9.90. The zero-order valence-corrected chi connectivity index (χ0v) is 9.70. The lowest BCUT2D eigenvalue weighted by Crippen LogP contribution is -2.24. The molecule has 18 heavy (non-hydrogen) atoms. The van der Waals surface area contributed by atoms with Gasteiger partial charge in [-0.2, -0.15) is 0 Å². The third-order valence-electron chi connectivity index (χ3n) is 2.99. The van der Waals surface area contributed by atoms with Gasteiger partial charge in [0.25, 0.3) is 0 Å². The Hall–Kier alpha value is -1.91. The second kappa shape index (κ2) is 5.62. The Morgan fingerprint density at radius 2 is 1.44 bits per heavy atom. The van der Waals surface area contributed by atoms with Gasteiger partial charge in [-0.1, -0.05) is 0 Å². The molecule has 0 bridgehead atoms. The van der Waals surface area contributed by atoms with Gasteiger partial charge >= 0.3 is 0 Å². The minimum Gasteiger partial charge on any atom is -0.364 e. The summed E-state index contributed by atoms with van der Waals surface area (Å²) in [5.74, 6) is -2.34. The number of halogens is 2. The van der Waals surface area contributed by atoms with E-state index in [-0.39, 0.29) is 0 Å². The third kappa shape index (κ3) is 2.34. The van der Waals surface area contributed by atoms with Crippen LogP contribution in [-0.2, 0) is 4.79 Å². The van der Waals surface area contributed by atoms with E-state index in [2.05, 4.69) is 9.97 Å². The highest BCUT2D eigenvalue weighted by Crippen LogP contribution is 2.26. The second-order valence-corrected chi connectivity index (χ2v) is 4.07. The van der Waals surface area contributed by atoms with Crippen molar-refractivity contribution in [2.45, 2.75) is 11.8 Å². The van der Waals surface area contributed by atoms with Gasteiger partial charge in [-0.15, -0.1) is 0 Å². The van der Waals surface area contributed by atoms with Crippen molar-refractivity contribution in [3.8, 4) is 0 Å². The van der Waals surface area contributed by atoms with E-state index in [1.165, 1.54) is 0 Å². The number of ketones is 1. The molecular formula is C13H14F2N2O. The van der Waals surface area contributed by atoms with Crippen molar-refractivity contribution >= 4 is 5.78 Å². The van der Waals surface area contributed by atoms with Gasteiger partial charge in [-0.05, 0) is 24.3 Å². The van der Waals surface area contributed by atoms with Crippen LogP contribution in [0.15, 0.2) is 36.7 Å². The van der Waals surface area contributed by atoms with Crippen molar-refractivity contribution in [1.29, 1.82) is 0 Å². The van der Waals surface area contributed by atoms with Crippen LogP contribution in [0.1, 0.15) is 23.2 Å². The van der Waals surface area contributed by atoms with E-state index in [1.54, 1.807) is 36.7 Å². The van der Waals surface area contributed by atoms with Crippen molar-refractivity contribution in [3.63, 3.8) is 0 Å². The number of rotatable bonds is 6. The van der Waals surface area contributed by atoms with Crippen LogP contribution in [0.2, 0.25) is 0 Å². The monoisotopic (exact) mass is 252 g/mol. The van der Waals surface area contributed by atoms with Gasteiger partial charge in [0.2, 0.25) is 0 Å². The fourth-order valence-electron chi connectivity index (χ4n) is 1.99. The van der Waals surface area contributed by atoms with Crippen LogP contribution in [0.5, 0.6) is 0 Å². The molecule has 0 aliphatic rings. The minimum absolute atomic E-state index is 0.454. The molecule has 2 rings (SSSR count). The standard InChI is InChI=1S/C13H14F2N2O/c14-7-9(11-3-1-5-16-11)13(18)10(8-15)12-4-2-6-17-12/h1-6,9-10,16-17H,7-8H2. The van der Waals surface area contributed by atoms with E-state index in [0.29, 0.717) is 11.4 Å². The molecule has 2 N–H and O–H groups in total. The van der Waals surface area contributed by atoms with Crippen molar-refractivity contribution in [1.82, 2.24) is 9.97 Å². The number of Topliss-reactive ketones (excluding diaryl/α,β-unsaturated/α-hetero) is 1. The number of nitrogens with one attached hydrogen (secondary N) is 2. The zero-order valence-electron chi connectivity index (χ0n) is 9.70. The molecule has 0 spiro atoms. The Morgan fingerprint density at radius 3 is 1.72 bits per heavy atom. The van der Waals surface area contributed by atoms with E-state index in [1.807, 2.05) is 0 Å². The summed E-state index contributed by atoms with van der Waals surface area (Å²) in [6, 6.07) is 6.63. The van der Waals surface area contributed by atoms with E-state index in [0.717, 1.165) is 0 Å². The number of carbonyl (C=O) groups excluding carboxylic acids is 1. The number of H-pyrrole nitrogens is 2. The predicted octanol–water partition coefficient (Wildman–Crippen LogP) is 2.72. The summed E-state index contributed by atoms with van der Waals surface area (Å²) >= 11 is 0. The Kier molecular flexibility index (Phi) is 3.92. The highest BCUT2D eigenvalue weighted by atomic mass is 19.1. The number of aromatic amines is 2. The smallest absolute Gasteiger partial charge is 0.156 e. The van der Waals surface area contributed by atoms with Crippen LogP contribution in [0, 0.1) is 0 Å². The van der Waals surface area contributed by atoms with Gasteiger partial charge in [-0.3, -0.25) is 4.79 Å². The summed E-state index contributed by atoms with van der Waals surface area (Å²) in [4.78, 5) is 17.8.